The highest BCUT2D eigenvalue weighted by molar-refractivity contribution is 6.25. The number of anilines is 1. The zero-order valence-electron chi connectivity index (χ0n) is 9.90. The first-order valence-electron chi connectivity index (χ1n) is 6.01. The van der Waals surface area contributed by atoms with E-state index >= 15 is 0 Å². The zero-order chi connectivity index (χ0) is 13.0. The summed E-state index contributed by atoms with van der Waals surface area (Å²) in [5.41, 5.74) is 1.13. The third kappa shape index (κ3) is 1.34. The zero-order valence-corrected chi connectivity index (χ0v) is 9.90. The fourth-order valence-electron chi connectivity index (χ4n) is 2.59. The van der Waals surface area contributed by atoms with Gasteiger partial charge in [0.05, 0.1) is 17.5 Å². The Bertz CT molecular complexity index is 860. The molecular formula is C15H9NO3. The monoisotopic (exact) mass is 251 g/mol. The molecule has 1 aromatic heterocycles. The molecule has 2 heterocycles. The molecule has 0 bridgehead atoms. The quantitative estimate of drug-likeness (QED) is 0.624. The molecule has 0 atom stereocenters. The average Bonchev–Trinajstić information content (AvgIpc) is 2.78. The van der Waals surface area contributed by atoms with Crippen LogP contribution in [0, 0.1) is 0 Å². The van der Waals surface area contributed by atoms with Crippen LogP contribution >= 0.6 is 0 Å². The van der Waals surface area contributed by atoms with Crippen LogP contribution in [-0.4, -0.2) is 11.7 Å². The van der Waals surface area contributed by atoms with Crippen LogP contribution in [0.25, 0.3) is 21.7 Å². The van der Waals surface area contributed by atoms with Crippen molar-refractivity contribution >= 4 is 39.1 Å². The Labute approximate surface area is 108 Å². The predicted octanol–water partition coefficient (Wildman–Crippen LogP) is 3.11. The third-order valence-corrected chi connectivity index (χ3v) is 3.42. The molecule has 4 heteroatoms. The molecule has 0 saturated carbocycles. The number of fused-ring (bicyclic) bond motifs is 5. The Morgan fingerprint density at radius 2 is 1.89 bits per heavy atom. The van der Waals surface area contributed by atoms with E-state index in [1.54, 1.807) is 0 Å². The number of furan rings is 1. The summed E-state index contributed by atoms with van der Waals surface area (Å²) in [6, 6.07) is 11.6. The standard InChI is InChI=1S/C15H9NO3/c17-10-7-12(18)16-14-13-9-4-2-1-3-8(9)5-6-11(13)19-15(10)14/h1-6H,7H2,(H,16,18). The number of nitrogens with one attached hydrogen (secondary N) is 1. The summed E-state index contributed by atoms with van der Waals surface area (Å²) in [5, 5.41) is 5.57. The van der Waals surface area contributed by atoms with E-state index in [1.807, 2.05) is 36.4 Å². The summed E-state index contributed by atoms with van der Waals surface area (Å²) in [6.45, 7) is 0. The Balaban J connectivity index is 2.20. The maximum Gasteiger partial charge on any atom is 0.232 e. The van der Waals surface area contributed by atoms with Crippen molar-refractivity contribution in [2.24, 2.45) is 0 Å². The normalized spacial score (nSPS) is 14.7. The molecule has 1 aliphatic rings. The highest BCUT2D eigenvalue weighted by Crippen LogP contribution is 2.38. The minimum absolute atomic E-state index is 0.148. The van der Waals surface area contributed by atoms with Gasteiger partial charge in [-0.15, -0.1) is 0 Å². The van der Waals surface area contributed by atoms with Crippen LogP contribution < -0.4 is 5.32 Å². The molecule has 2 aromatic carbocycles. The van der Waals surface area contributed by atoms with Crippen LogP contribution in [0.15, 0.2) is 40.8 Å². The summed E-state index contributed by atoms with van der Waals surface area (Å²) in [5.74, 6) is -0.293. The Kier molecular flexibility index (Phi) is 1.87. The van der Waals surface area contributed by atoms with E-state index < -0.39 is 0 Å². The smallest absolute Gasteiger partial charge is 0.232 e. The van der Waals surface area contributed by atoms with Gasteiger partial charge in [0, 0.05) is 0 Å². The van der Waals surface area contributed by atoms with Gasteiger partial charge in [0.1, 0.15) is 5.58 Å². The maximum absolute atomic E-state index is 11.8. The molecule has 4 nitrogen and oxygen atoms in total. The number of carbonyl (C=O) groups excluding carboxylic acids is 2. The number of hydrogen-bond donors (Lipinski definition) is 1. The second-order valence-corrected chi connectivity index (χ2v) is 4.61. The van der Waals surface area contributed by atoms with Gasteiger partial charge in [-0.25, -0.2) is 0 Å². The van der Waals surface area contributed by atoms with E-state index in [1.165, 1.54) is 0 Å². The minimum atomic E-state index is -0.284. The fourth-order valence-corrected chi connectivity index (χ4v) is 2.59. The number of amides is 1. The molecule has 1 aliphatic heterocycles. The number of ketones is 1. The molecule has 0 aliphatic carbocycles. The first-order chi connectivity index (χ1) is 9.24. The molecule has 0 fully saturated rings. The summed E-state index contributed by atoms with van der Waals surface area (Å²) in [7, 11) is 0. The topological polar surface area (TPSA) is 59.3 Å². The minimum Gasteiger partial charge on any atom is -0.451 e. The highest BCUT2D eigenvalue weighted by Gasteiger charge is 2.29. The lowest BCUT2D eigenvalue weighted by Crippen LogP contribution is -2.22. The molecule has 0 spiro atoms. The van der Waals surface area contributed by atoms with Crippen molar-refractivity contribution in [2.75, 3.05) is 5.32 Å². The Hall–Kier alpha value is -2.62. The Morgan fingerprint density at radius 1 is 1.05 bits per heavy atom. The number of rotatable bonds is 0. The van der Waals surface area contributed by atoms with Gasteiger partial charge in [-0.05, 0) is 16.8 Å². The summed E-state index contributed by atoms with van der Waals surface area (Å²) in [6.07, 6.45) is -0.148. The second-order valence-electron chi connectivity index (χ2n) is 4.61. The lowest BCUT2D eigenvalue weighted by Gasteiger charge is -2.10. The molecule has 0 saturated heterocycles. The first-order valence-corrected chi connectivity index (χ1v) is 6.01. The van der Waals surface area contributed by atoms with Crippen molar-refractivity contribution in [2.45, 2.75) is 6.42 Å². The first kappa shape index (κ1) is 10.3. The summed E-state index contributed by atoms with van der Waals surface area (Å²) < 4.78 is 5.59. The molecule has 0 unspecified atom stereocenters. The van der Waals surface area contributed by atoms with Crippen LogP contribution in [0.3, 0.4) is 0 Å². The van der Waals surface area contributed by atoms with Gasteiger partial charge in [-0.2, -0.15) is 0 Å². The lowest BCUT2D eigenvalue weighted by molar-refractivity contribution is -0.115. The molecule has 92 valence electrons. The van der Waals surface area contributed by atoms with Crippen molar-refractivity contribution < 1.29 is 14.0 Å². The van der Waals surface area contributed by atoms with E-state index in [4.69, 9.17) is 4.42 Å². The SMILES string of the molecule is O=C1CC(=O)c2oc3ccc4ccccc4c3c2N1. The fraction of sp³-hybridized carbons (Fsp3) is 0.0667. The molecule has 19 heavy (non-hydrogen) atoms. The third-order valence-electron chi connectivity index (χ3n) is 3.42. The van der Waals surface area contributed by atoms with E-state index in [2.05, 4.69) is 5.32 Å². The van der Waals surface area contributed by atoms with Crippen LogP contribution in [-0.2, 0) is 4.79 Å². The lowest BCUT2D eigenvalue weighted by atomic mass is 10.0. The molecule has 0 radical (unpaired) electrons. The van der Waals surface area contributed by atoms with E-state index in [-0.39, 0.29) is 23.9 Å². The van der Waals surface area contributed by atoms with E-state index in [9.17, 15) is 9.59 Å². The van der Waals surface area contributed by atoms with Gasteiger partial charge in [-0.1, -0.05) is 30.3 Å². The molecular weight excluding hydrogens is 242 g/mol. The maximum atomic E-state index is 11.8. The van der Waals surface area contributed by atoms with Gasteiger partial charge in [0.2, 0.25) is 11.7 Å². The van der Waals surface area contributed by atoms with Gasteiger partial charge < -0.3 is 9.73 Å². The number of hydrogen-bond acceptors (Lipinski definition) is 3. The van der Waals surface area contributed by atoms with Crippen molar-refractivity contribution in [3.8, 4) is 0 Å². The van der Waals surface area contributed by atoms with Crippen molar-refractivity contribution in [1.29, 1.82) is 0 Å². The van der Waals surface area contributed by atoms with E-state index in [0.717, 1.165) is 16.2 Å². The molecule has 1 N–H and O–H groups in total. The predicted molar refractivity (Wildman–Crippen MR) is 71.3 cm³/mol. The average molecular weight is 251 g/mol. The van der Waals surface area contributed by atoms with E-state index in [0.29, 0.717) is 11.3 Å². The molecule has 3 aromatic rings. The Morgan fingerprint density at radius 3 is 2.79 bits per heavy atom. The van der Waals surface area contributed by atoms with Crippen LogP contribution in [0.1, 0.15) is 17.0 Å². The number of benzene rings is 2. The van der Waals surface area contributed by atoms with Crippen molar-refractivity contribution in [1.82, 2.24) is 0 Å². The van der Waals surface area contributed by atoms with Gasteiger partial charge in [0.25, 0.3) is 0 Å². The highest BCUT2D eigenvalue weighted by atomic mass is 16.3. The van der Waals surface area contributed by atoms with Gasteiger partial charge in [-0.3, -0.25) is 9.59 Å². The summed E-state index contributed by atoms with van der Waals surface area (Å²) >= 11 is 0. The second kappa shape index (κ2) is 3.45. The van der Waals surface area contributed by atoms with Gasteiger partial charge in [0.15, 0.2) is 5.76 Å². The van der Waals surface area contributed by atoms with Crippen molar-refractivity contribution in [3.05, 3.63) is 42.2 Å². The van der Waals surface area contributed by atoms with Crippen LogP contribution in [0.5, 0.6) is 0 Å². The molecule has 4 rings (SSSR count). The largest absolute Gasteiger partial charge is 0.451 e. The van der Waals surface area contributed by atoms with Crippen LogP contribution in [0.4, 0.5) is 5.69 Å². The summed E-state index contributed by atoms with van der Waals surface area (Å²) in [4.78, 5) is 23.4. The van der Waals surface area contributed by atoms with Gasteiger partial charge >= 0.3 is 0 Å². The van der Waals surface area contributed by atoms with Crippen LogP contribution in [0.2, 0.25) is 0 Å². The molecule has 1 amide bonds. The van der Waals surface area contributed by atoms with Crippen molar-refractivity contribution in [3.63, 3.8) is 0 Å². The number of carbonyl (C=O) groups is 2. The number of Topliss-reactive ketones (excluding diaryl/α,β-unsaturated/α-hetero) is 1.